The lowest BCUT2D eigenvalue weighted by molar-refractivity contribution is -0.140. The summed E-state index contributed by atoms with van der Waals surface area (Å²) in [6.07, 6.45) is 2.20. The van der Waals surface area contributed by atoms with E-state index < -0.39 is 5.97 Å². The van der Waals surface area contributed by atoms with E-state index in [2.05, 4.69) is 0 Å². The molecule has 1 N–H and O–H groups in total. The summed E-state index contributed by atoms with van der Waals surface area (Å²) in [4.78, 5) is 23.9. The Morgan fingerprint density at radius 3 is 2.53 bits per heavy atom. The molecule has 0 aromatic heterocycles. The van der Waals surface area contributed by atoms with Crippen molar-refractivity contribution in [1.82, 2.24) is 4.90 Å². The van der Waals surface area contributed by atoms with Crippen molar-refractivity contribution in [2.24, 2.45) is 5.92 Å². The van der Waals surface area contributed by atoms with Gasteiger partial charge in [0.2, 0.25) is 5.91 Å². The van der Waals surface area contributed by atoms with Gasteiger partial charge in [0.15, 0.2) is 0 Å². The third-order valence-corrected chi connectivity index (χ3v) is 3.66. The van der Waals surface area contributed by atoms with Crippen LogP contribution >= 0.6 is 11.8 Å². The molecule has 1 fully saturated rings. The van der Waals surface area contributed by atoms with Crippen LogP contribution in [-0.4, -0.2) is 46.5 Å². The molecule has 0 radical (unpaired) electrons. The molecule has 0 aromatic rings. The number of aliphatic carboxylic acids is 1. The number of thioether (sulfide) groups is 1. The molecular weight excluding hydrogens is 214 g/mol. The van der Waals surface area contributed by atoms with Crippen LogP contribution in [0.3, 0.4) is 0 Å². The second kappa shape index (κ2) is 6.00. The molecule has 1 unspecified atom stereocenters. The second-order valence-electron chi connectivity index (χ2n) is 3.84. The maximum Gasteiger partial charge on any atom is 0.307 e. The normalized spacial score (nSPS) is 17.8. The van der Waals surface area contributed by atoms with E-state index >= 15 is 0 Å². The fourth-order valence-electron chi connectivity index (χ4n) is 1.45. The Labute approximate surface area is 94.0 Å². The van der Waals surface area contributed by atoms with Gasteiger partial charge in [-0.05, 0) is 12.8 Å². The van der Waals surface area contributed by atoms with Gasteiger partial charge in [-0.3, -0.25) is 9.59 Å². The monoisotopic (exact) mass is 231 g/mol. The van der Waals surface area contributed by atoms with E-state index in [1.807, 2.05) is 4.90 Å². The molecule has 1 aliphatic rings. The van der Waals surface area contributed by atoms with Crippen LogP contribution in [0.25, 0.3) is 0 Å². The van der Waals surface area contributed by atoms with Crippen molar-refractivity contribution in [3.05, 3.63) is 0 Å². The van der Waals surface area contributed by atoms with Gasteiger partial charge in [-0.1, -0.05) is 6.92 Å². The van der Waals surface area contributed by atoms with Crippen LogP contribution in [0.5, 0.6) is 0 Å². The number of hydrogen-bond donors (Lipinski definition) is 1. The highest BCUT2D eigenvalue weighted by Crippen LogP contribution is 2.13. The van der Waals surface area contributed by atoms with Gasteiger partial charge in [0.1, 0.15) is 0 Å². The predicted octanol–water partition coefficient (Wildman–Crippen LogP) is 1.06. The Morgan fingerprint density at radius 2 is 2.00 bits per heavy atom. The summed E-state index contributed by atoms with van der Waals surface area (Å²) in [5, 5.41) is 8.65. The molecule has 0 saturated carbocycles. The van der Waals surface area contributed by atoms with Gasteiger partial charge in [-0.25, -0.2) is 0 Å². The topological polar surface area (TPSA) is 57.6 Å². The summed E-state index contributed by atoms with van der Waals surface area (Å²) in [7, 11) is 0. The van der Waals surface area contributed by atoms with Crippen molar-refractivity contribution in [3.63, 3.8) is 0 Å². The molecule has 0 spiro atoms. The minimum Gasteiger partial charge on any atom is -0.481 e. The molecule has 1 heterocycles. The van der Waals surface area contributed by atoms with E-state index in [9.17, 15) is 9.59 Å². The van der Waals surface area contributed by atoms with E-state index in [0.29, 0.717) is 11.5 Å². The molecule has 1 saturated heterocycles. The lowest BCUT2D eigenvalue weighted by Crippen LogP contribution is -2.29. The third kappa shape index (κ3) is 4.11. The van der Waals surface area contributed by atoms with Crippen molar-refractivity contribution in [2.45, 2.75) is 19.8 Å². The summed E-state index contributed by atoms with van der Waals surface area (Å²) in [5.74, 6) is -0.0976. The zero-order chi connectivity index (χ0) is 11.3. The van der Waals surface area contributed by atoms with Crippen LogP contribution in [0.4, 0.5) is 0 Å². The lowest BCUT2D eigenvalue weighted by Gasteiger charge is -2.15. The summed E-state index contributed by atoms with van der Waals surface area (Å²) >= 11 is 1.41. The first-order chi connectivity index (χ1) is 7.11. The van der Waals surface area contributed by atoms with Crippen LogP contribution in [0.2, 0.25) is 0 Å². The fraction of sp³-hybridized carbons (Fsp3) is 0.800. The number of hydrogen-bond acceptors (Lipinski definition) is 3. The maximum atomic E-state index is 11.6. The lowest BCUT2D eigenvalue weighted by atomic mass is 10.2. The minimum atomic E-state index is -0.795. The molecule has 4 nitrogen and oxygen atoms in total. The van der Waals surface area contributed by atoms with Gasteiger partial charge in [-0.2, -0.15) is 11.8 Å². The highest BCUT2D eigenvalue weighted by atomic mass is 32.2. The molecule has 1 aliphatic heterocycles. The maximum absolute atomic E-state index is 11.6. The van der Waals surface area contributed by atoms with Crippen LogP contribution in [0.1, 0.15) is 19.8 Å². The standard InChI is InChI=1S/C10H17NO3S/c1-8(10(13)14)6-15-7-9(12)11-4-2-3-5-11/h8H,2-7H2,1H3,(H,13,14). The zero-order valence-electron chi connectivity index (χ0n) is 8.94. The van der Waals surface area contributed by atoms with Gasteiger partial charge < -0.3 is 10.0 Å². The van der Waals surface area contributed by atoms with E-state index in [1.54, 1.807) is 6.92 Å². The molecule has 0 aliphatic carbocycles. The third-order valence-electron chi connectivity index (χ3n) is 2.47. The van der Waals surface area contributed by atoms with Gasteiger partial charge >= 0.3 is 5.97 Å². The van der Waals surface area contributed by atoms with Gasteiger partial charge in [-0.15, -0.1) is 0 Å². The quantitative estimate of drug-likeness (QED) is 0.768. The summed E-state index contributed by atoms with van der Waals surface area (Å²) in [6.45, 7) is 3.40. The molecule has 0 bridgehead atoms. The molecule has 0 aromatic carbocycles. The number of likely N-dealkylation sites (tertiary alicyclic amines) is 1. The number of carboxylic acid groups (broad SMARTS) is 1. The number of carbonyl (C=O) groups is 2. The SMILES string of the molecule is CC(CSCC(=O)N1CCCC1)C(=O)O. The van der Waals surface area contributed by atoms with Crippen molar-refractivity contribution in [3.8, 4) is 0 Å². The first kappa shape index (κ1) is 12.4. The molecule has 86 valence electrons. The Balaban J connectivity index is 2.14. The fourth-order valence-corrected chi connectivity index (χ4v) is 2.42. The van der Waals surface area contributed by atoms with E-state index in [4.69, 9.17) is 5.11 Å². The number of carbonyl (C=O) groups excluding carboxylic acids is 1. The number of amides is 1. The van der Waals surface area contributed by atoms with Crippen molar-refractivity contribution >= 4 is 23.6 Å². The summed E-state index contributed by atoms with van der Waals surface area (Å²) < 4.78 is 0. The van der Waals surface area contributed by atoms with Crippen molar-refractivity contribution < 1.29 is 14.7 Å². The number of rotatable bonds is 5. The van der Waals surface area contributed by atoms with Crippen molar-refractivity contribution in [2.75, 3.05) is 24.6 Å². The summed E-state index contributed by atoms with van der Waals surface area (Å²) in [5.41, 5.74) is 0. The van der Waals surface area contributed by atoms with Gasteiger partial charge in [0, 0.05) is 18.8 Å². The summed E-state index contributed by atoms with van der Waals surface area (Å²) in [6, 6.07) is 0. The molecule has 1 atom stereocenters. The van der Waals surface area contributed by atoms with E-state index in [-0.39, 0.29) is 11.8 Å². The van der Waals surface area contributed by atoms with E-state index in [0.717, 1.165) is 25.9 Å². The van der Waals surface area contributed by atoms with Crippen molar-refractivity contribution in [1.29, 1.82) is 0 Å². The average Bonchev–Trinajstić information content (AvgIpc) is 2.70. The Hall–Kier alpha value is -0.710. The molecule has 1 rings (SSSR count). The number of nitrogens with zero attached hydrogens (tertiary/aromatic N) is 1. The van der Waals surface area contributed by atoms with Gasteiger partial charge in [0.05, 0.1) is 11.7 Å². The Bertz CT molecular complexity index is 239. The first-order valence-corrected chi connectivity index (χ1v) is 6.35. The van der Waals surface area contributed by atoms with E-state index in [1.165, 1.54) is 11.8 Å². The molecule has 5 heteroatoms. The Morgan fingerprint density at radius 1 is 1.40 bits per heavy atom. The molecule has 15 heavy (non-hydrogen) atoms. The largest absolute Gasteiger partial charge is 0.481 e. The van der Waals surface area contributed by atoms with Crippen LogP contribution < -0.4 is 0 Å². The highest BCUT2D eigenvalue weighted by molar-refractivity contribution is 7.99. The van der Waals surface area contributed by atoms with Gasteiger partial charge in [0.25, 0.3) is 0 Å². The zero-order valence-corrected chi connectivity index (χ0v) is 9.76. The second-order valence-corrected chi connectivity index (χ2v) is 4.87. The molecule has 1 amide bonds. The predicted molar refractivity (Wildman–Crippen MR) is 59.9 cm³/mol. The molecular formula is C10H17NO3S. The smallest absolute Gasteiger partial charge is 0.307 e. The van der Waals surface area contributed by atoms with Crippen LogP contribution in [0.15, 0.2) is 0 Å². The van der Waals surface area contributed by atoms with Crippen LogP contribution in [-0.2, 0) is 9.59 Å². The van der Waals surface area contributed by atoms with Crippen LogP contribution in [0, 0.1) is 5.92 Å². The Kier molecular flexibility index (Phi) is 4.94. The average molecular weight is 231 g/mol. The first-order valence-electron chi connectivity index (χ1n) is 5.19. The number of carboxylic acids is 1. The highest BCUT2D eigenvalue weighted by Gasteiger charge is 2.18. The minimum absolute atomic E-state index is 0.148.